The van der Waals surface area contributed by atoms with E-state index in [0.29, 0.717) is 18.9 Å². The Balaban J connectivity index is 1.75. The van der Waals surface area contributed by atoms with E-state index in [0.717, 1.165) is 24.3 Å². The summed E-state index contributed by atoms with van der Waals surface area (Å²) in [5.41, 5.74) is 3.81. The fourth-order valence-electron chi connectivity index (χ4n) is 4.43. The smallest absolute Gasteiger partial charge is 0.221 e. The average molecular weight is 366 g/mol. The summed E-state index contributed by atoms with van der Waals surface area (Å²) in [6.45, 7) is 5.84. The molecule has 2 aromatic carbocycles. The van der Waals surface area contributed by atoms with Crippen molar-refractivity contribution >= 4 is 5.91 Å². The number of rotatable bonds is 4. The van der Waals surface area contributed by atoms with Gasteiger partial charge in [0.25, 0.3) is 0 Å². The molecule has 0 aromatic heterocycles. The molecule has 2 aromatic rings. The third-order valence-corrected chi connectivity index (χ3v) is 5.62. The Labute approximate surface area is 160 Å². The molecule has 1 saturated heterocycles. The lowest BCUT2D eigenvalue weighted by atomic mass is 9.93. The van der Waals surface area contributed by atoms with Crippen molar-refractivity contribution in [3.63, 3.8) is 0 Å². The van der Waals surface area contributed by atoms with Gasteiger partial charge in [-0.1, -0.05) is 30.3 Å². The number of hydrogen-bond donors (Lipinski definition) is 0. The maximum absolute atomic E-state index is 12.5. The number of benzene rings is 2. The molecule has 5 nitrogen and oxygen atoms in total. The molecule has 0 radical (unpaired) electrons. The highest BCUT2D eigenvalue weighted by Gasteiger charge is 2.44. The van der Waals surface area contributed by atoms with Gasteiger partial charge in [0.2, 0.25) is 5.91 Å². The van der Waals surface area contributed by atoms with Crippen LogP contribution in [0.25, 0.3) is 0 Å². The predicted molar refractivity (Wildman–Crippen MR) is 104 cm³/mol. The summed E-state index contributed by atoms with van der Waals surface area (Å²) in [6, 6.07) is 14.8. The summed E-state index contributed by atoms with van der Waals surface area (Å²) >= 11 is 0. The fourth-order valence-corrected chi connectivity index (χ4v) is 4.43. The van der Waals surface area contributed by atoms with Gasteiger partial charge >= 0.3 is 0 Å². The number of amides is 1. The molecule has 4 rings (SSSR count). The molecule has 0 unspecified atom stereocenters. The number of nitrogens with zero attached hydrogens (tertiary/aromatic N) is 2. The monoisotopic (exact) mass is 366 g/mol. The Morgan fingerprint density at radius 2 is 2.00 bits per heavy atom. The molecular weight excluding hydrogens is 340 g/mol. The Morgan fingerprint density at radius 3 is 2.74 bits per heavy atom. The van der Waals surface area contributed by atoms with Gasteiger partial charge < -0.3 is 14.4 Å². The number of carbonyl (C=O) groups excluding carboxylic acids is 1. The van der Waals surface area contributed by atoms with Crippen molar-refractivity contribution in [3.8, 4) is 11.5 Å². The second-order valence-corrected chi connectivity index (χ2v) is 7.09. The zero-order valence-electron chi connectivity index (χ0n) is 16.1. The second-order valence-electron chi connectivity index (χ2n) is 7.09. The molecule has 142 valence electrons. The quantitative estimate of drug-likeness (QED) is 0.830. The van der Waals surface area contributed by atoms with Crippen molar-refractivity contribution in [2.45, 2.75) is 32.5 Å². The van der Waals surface area contributed by atoms with E-state index in [1.165, 1.54) is 11.1 Å². The highest BCUT2D eigenvalue weighted by molar-refractivity contribution is 5.74. The molecule has 1 fully saturated rings. The number of hydrogen-bond acceptors (Lipinski definition) is 4. The summed E-state index contributed by atoms with van der Waals surface area (Å²) in [5.74, 6) is 1.54. The van der Waals surface area contributed by atoms with Crippen LogP contribution in [-0.2, 0) is 11.2 Å². The predicted octanol–water partition coefficient (Wildman–Crippen LogP) is 3.55. The van der Waals surface area contributed by atoms with Gasteiger partial charge in [-0.25, -0.2) is 0 Å². The number of carbonyl (C=O) groups is 1. The van der Waals surface area contributed by atoms with E-state index < -0.39 is 0 Å². The Morgan fingerprint density at radius 1 is 1.19 bits per heavy atom. The first-order valence-corrected chi connectivity index (χ1v) is 9.55. The van der Waals surface area contributed by atoms with Gasteiger partial charge in [-0.2, -0.15) is 0 Å². The normalized spacial score (nSPS) is 21.5. The lowest BCUT2D eigenvalue weighted by Gasteiger charge is -2.35. The fraction of sp³-hybridized carbons (Fsp3) is 0.409. The van der Waals surface area contributed by atoms with Gasteiger partial charge in [0.05, 0.1) is 19.8 Å². The topological polar surface area (TPSA) is 42.0 Å². The molecular formula is C22H26N2O3. The minimum atomic E-state index is -0.0778. The van der Waals surface area contributed by atoms with Crippen molar-refractivity contribution in [2.75, 3.05) is 26.8 Å². The van der Waals surface area contributed by atoms with E-state index >= 15 is 0 Å². The van der Waals surface area contributed by atoms with Crippen LogP contribution in [0.1, 0.15) is 42.7 Å². The zero-order chi connectivity index (χ0) is 19.0. The average Bonchev–Trinajstić information content (AvgIpc) is 3.08. The minimum absolute atomic E-state index is 0.0778. The molecule has 1 amide bonds. The van der Waals surface area contributed by atoms with Crippen LogP contribution >= 0.6 is 0 Å². The molecule has 2 aliphatic rings. The number of ether oxygens (including phenoxy) is 2. The summed E-state index contributed by atoms with van der Waals surface area (Å²) < 4.78 is 11.2. The van der Waals surface area contributed by atoms with E-state index in [4.69, 9.17) is 9.47 Å². The van der Waals surface area contributed by atoms with Crippen molar-refractivity contribution in [2.24, 2.45) is 0 Å². The molecule has 0 spiro atoms. The van der Waals surface area contributed by atoms with E-state index in [-0.39, 0.29) is 18.1 Å². The Hall–Kier alpha value is -2.53. The third-order valence-electron chi connectivity index (χ3n) is 5.62. The molecule has 0 N–H and O–H groups in total. The van der Waals surface area contributed by atoms with Crippen molar-refractivity contribution in [1.29, 1.82) is 0 Å². The van der Waals surface area contributed by atoms with Crippen molar-refractivity contribution in [1.82, 2.24) is 9.80 Å². The van der Waals surface area contributed by atoms with E-state index in [1.807, 2.05) is 30.0 Å². The minimum Gasteiger partial charge on any atom is -0.493 e. The SMILES string of the molecule is CCOc1cc([C@@H]2N(C(C)=O)C[C@H]3c4ccccc4CCN23)ccc1OC. The molecule has 2 heterocycles. The molecule has 27 heavy (non-hydrogen) atoms. The Bertz CT molecular complexity index is 851. The molecule has 2 aliphatic heterocycles. The molecule has 5 heteroatoms. The van der Waals surface area contributed by atoms with Crippen LogP contribution < -0.4 is 9.47 Å². The first-order chi connectivity index (χ1) is 13.1. The van der Waals surface area contributed by atoms with Gasteiger partial charge in [-0.05, 0) is 42.2 Å². The highest BCUT2D eigenvalue weighted by Crippen LogP contribution is 2.45. The summed E-state index contributed by atoms with van der Waals surface area (Å²) in [4.78, 5) is 16.9. The summed E-state index contributed by atoms with van der Waals surface area (Å²) in [5, 5.41) is 0. The summed E-state index contributed by atoms with van der Waals surface area (Å²) in [6.07, 6.45) is 0.926. The highest BCUT2D eigenvalue weighted by atomic mass is 16.5. The van der Waals surface area contributed by atoms with E-state index in [1.54, 1.807) is 14.0 Å². The van der Waals surface area contributed by atoms with Gasteiger partial charge in [0.15, 0.2) is 11.5 Å². The van der Waals surface area contributed by atoms with Gasteiger partial charge in [0, 0.05) is 20.0 Å². The van der Waals surface area contributed by atoms with Crippen LogP contribution in [0.5, 0.6) is 11.5 Å². The first kappa shape index (κ1) is 17.9. The van der Waals surface area contributed by atoms with Crippen molar-refractivity contribution in [3.05, 3.63) is 59.2 Å². The maximum atomic E-state index is 12.5. The lowest BCUT2D eigenvalue weighted by molar-refractivity contribution is -0.131. The maximum Gasteiger partial charge on any atom is 0.221 e. The van der Waals surface area contributed by atoms with Crippen LogP contribution in [0, 0.1) is 0 Å². The molecule has 0 saturated carbocycles. The van der Waals surface area contributed by atoms with Crippen LogP contribution in [0.15, 0.2) is 42.5 Å². The largest absolute Gasteiger partial charge is 0.493 e. The van der Waals surface area contributed by atoms with Crippen LogP contribution in [0.3, 0.4) is 0 Å². The van der Waals surface area contributed by atoms with E-state index in [2.05, 4.69) is 29.2 Å². The Kier molecular flexibility index (Phi) is 4.79. The van der Waals surface area contributed by atoms with Gasteiger partial charge in [0.1, 0.15) is 6.17 Å². The first-order valence-electron chi connectivity index (χ1n) is 9.55. The van der Waals surface area contributed by atoms with Gasteiger partial charge in [-0.15, -0.1) is 0 Å². The van der Waals surface area contributed by atoms with Crippen molar-refractivity contribution < 1.29 is 14.3 Å². The second kappa shape index (κ2) is 7.24. The van der Waals surface area contributed by atoms with Crippen LogP contribution in [0.4, 0.5) is 0 Å². The van der Waals surface area contributed by atoms with Crippen LogP contribution in [0.2, 0.25) is 0 Å². The number of fused-ring (bicyclic) bond motifs is 3. The van der Waals surface area contributed by atoms with E-state index in [9.17, 15) is 4.79 Å². The molecule has 0 bridgehead atoms. The number of methoxy groups -OCH3 is 1. The zero-order valence-corrected chi connectivity index (χ0v) is 16.1. The lowest BCUT2D eigenvalue weighted by Crippen LogP contribution is -2.36. The third kappa shape index (κ3) is 3.06. The molecule has 0 aliphatic carbocycles. The van der Waals surface area contributed by atoms with Crippen LogP contribution in [-0.4, -0.2) is 42.5 Å². The van der Waals surface area contributed by atoms with Gasteiger partial charge in [-0.3, -0.25) is 9.69 Å². The standard InChI is InChI=1S/C22H26N2O3/c1-4-27-21-13-17(9-10-20(21)26-3)22-23-12-11-16-7-5-6-8-18(16)19(23)14-24(22)15(2)25/h5-10,13,19,22H,4,11-12,14H2,1-3H3/t19-,22-/m0/s1. The summed E-state index contributed by atoms with van der Waals surface area (Å²) in [7, 11) is 1.65. The molecule has 2 atom stereocenters.